The Morgan fingerprint density at radius 1 is 1.32 bits per heavy atom. The van der Waals surface area contributed by atoms with Crippen LogP contribution in [0.25, 0.3) is 11.4 Å². The zero-order valence-electron chi connectivity index (χ0n) is 10.6. The Hall–Kier alpha value is -1.75. The maximum absolute atomic E-state index is 13.2. The van der Waals surface area contributed by atoms with E-state index in [0.717, 1.165) is 25.7 Å². The molecule has 4 nitrogen and oxygen atoms in total. The largest absolute Gasteiger partial charge is 0.339 e. The average molecular weight is 261 g/mol. The first kappa shape index (κ1) is 12.3. The van der Waals surface area contributed by atoms with Crippen molar-refractivity contribution in [1.82, 2.24) is 10.1 Å². The molecule has 1 heterocycles. The van der Waals surface area contributed by atoms with Gasteiger partial charge in [0, 0.05) is 17.5 Å². The molecule has 1 aliphatic rings. The van der Waals surface area contributed by atoms with Crippen LogP contribution in [0.1, 0.15) is 37.5 Å². The van der Waals surface area contributed by atoms with E-state index in [1.807, 2.05) is 0 Å². The molecule has 1 saturated carbocycles. The third-order valence-corrected chi connectivity index (χ3v) is 3.59. The van der Waals surface area contributed by atoms with Gasteiger partial charge in [-0.05, 0) is 31.4 Å². The van der Waals surface area contributed by atoms with Crippen LogP contribution in [0.3, 0.4) is 0 Å². The van der Waals surface area contributed by atoms with Gasteiger partial charge in [-0.3, -0.25) is 0 Å². The molecular weight excluding hydrogens is 245 g/mol. The number of hydrogen-bond donors (Lipinski definition) is 1. The Morgan fingerprint density at radius 2 is 2.21 bits per heavy atom. The van der Waals surface area contributed by atoms with Crippen molar-refractivity contribution in [1.29, 1.82) is 0 Å². The van der Waals surface area contributed by atoms with Gasteiger partial charge in [-0.25, -0.2) is 4.39 Å². The fourth-order valence-electron chi connectivity index (χ4n) is 2.60. The SMILES string of the molecule is NC1CCCC(c2nc(-c3cccc(F)c3)no2)C1. The maximum atomic E-state index is 13.2. The highest BCUT2D eigenvalue weighted by Gasteiger charge is 2.25. The second-order valence-corrected chi connectivity index (χ2v) is 5.09. The summed E-state index contributed by atoms with van der Waals surface area (Å²) >= 11 is 0. The minimum Gasteiger partial charge on any atom is -0.339 e. The summed E-state index contributed by atoms with van der Waals surface area (Å²) in [5.74, 6) is 0.991. The summed E-state index contributed by atoms with van der Waals surface area (Å²) in [5.41, 5.74) is 6.60. The fourth-order valence-corrected chi connectivity index (χ4v) is 2.60. The molecule has 0 radical (unpaired) electrons. The Balaban J connectivity index is 1.83. The highest BCUT2D eigenvalue weighted by molar-refractivity contribution is 5.53. The summed E-state index contributed by atoms with van der Waals surface area (Å²) in [4.78, 5) is 4.38. The van der Waals surface area contributed by atoms with E-state index in [0.29, 0.717) is 17.3 Å². The first-order valence-corrected chi connectivity index (χ1v) is 6.57. The monoisotopic (exact) mass is 261 g/mol. The summed E-state index contributed by atoms with van der Waals surface area (Å²) in [6, 6.07) is 6.41. The lowest BCUT2D eigenvalue weighted by Gasteiger charge is -2.23. The Morgan fingerprint density at radius 3 is 3.00 bits per heavy atom. The number of benzene rings is 1. The zero-order valence-corrected chi connectivity index (χ0v) is 10.6. The van der Waals surface area contributed by atoms with Gasteiger partial charge in [-0.1, -0.05) is 23.7 Å². The van der Waals surface area contributed by atoms with Crippen molar-refractivity contribution in [2.75, 3.05) is 0 Å². The summed E-state index contributed by atoms with van der Waals surface area (Å²) in [6.07, 6.45) is 4.05. The molecule has 1 aromatic heterocycles. The fraction of sp³-hybridized carbons (Fsp3) is 0.429. The normalized spacial score (nSPS) is 23.5. The molecular formula is C14H16FN3O. The number of hydrogen-bond acceptors (Lipinski definition) is 4. The summed E-state index contributed by atoms with van der Waals surface area (Å²) in [5, 5.41) is 3.93. The molecule has 100 valence electrons. The van der Waals surface area contributed by atoms with Crippen molar-refractivity contribution in [3.63, 3.8) is 0 Å². The first-order chi connectivity index (χ1) is 9.22. The molecule has 1 aliphatic carbocycles. The van der Waals surface area contributed by atoms with Gasteiger partial charge in [0.15, 0.2) is 0 Å². The average Bonchev–Trinajstić information content (AvgIpc) is 2.88. The van der Waals surface area contributed by atoms with Crippen LogP contribution >= 0.6 is 0 Å². The maximum Gasteiger partial charge on any atom is 0.230 e. The zero-order chi connectivity index (χ0) is 13.2. The number of halogens is 1. The van der Waals surface area contributed by atoms with Gasteiger partial charge < -0.3 is 10.3 Å². The summed E-state index contributed by atoms with van der Waals surface area (Å²) < 4.78 is 18.5. The van der Waals surface area contributed by atoms with Crippen molar-refractivity contribution in [3.8, 4) is 11.4 Å². The molecule has 2 unspecified atom stereocenters. The van der Waals surface area contributed by atoms with Gasteiger partial charge in [-0.15, -0.1) is 0 Å². The Kier molecular flexibility index (Phi) is 3.29. The lowest BCUT2D eigenvalue weighted by Crippen LogP contribution is -2.26. The van der Waals surface area contributed by atoms with Gasteiger partial charge in [0.25, 0.3) is 0 Å². The number of nitrogens with zero attached hydrogens (tertiary/aromatic N) is 2. The van der Waals surface area contributed by atoms with Crippen LogP contribution in [0.15, 0.2) is 28.8 Å². The van der Waals surface area contributed by atoms with Crippen LogP contribution in [0.5, 0.6) is 0 Å². The molecule has 5 heteroatoms. The van der Waals surface area contributed by atoms with E-state index in [1.54, 1.807) is 12.1 Å². The molecule has 2 atom stereocenters. The minimum absolute atomic E-state index is 0.211. The van der Waals surface area contributed by atoms with Crippen LogP contribution in [0.2, 0.25) is 0 Å². The van der Waals surface area contributed by atoms with Crippen molar-refractivity contribution >= 4 is 0 Å². The lowest BCUT2D eigenvalue weighted by atomic mass is 9.86. The number of rotatable bonds is 2. The molecule has 0 amide bonds. The molecule has 1 aromatic carbocycles. The molecule has 2 aromatic rings. The topological polar surface area (TPSA) is 64.9 Å². The quantitative estimate of drug-likeness (QED) is 0.902. The van der Waals surface area contributed by atoms with Crippen molar-refractivity contribution in [3.05, 3.63) is 36.0 Å². The third kappa shape index (κ3) is 2.66. The smallest absolute Gasteiger partial charge is 0.230 e. The van der Waals surface area contributed by atoms with Crippen LogP contribution in [0.4, 0.5) is 4.39 Å². The van der Waals surface area contributed by atoms with Gasteiger partial charge in [0.1, 0.15) is 5.82 Å². The molecule has 2 N–H and O–H groups in total. The molecule has 1 fully saturated rings. The first-order valence-electron chi connectivity index (χ1n) is 6.57. The van der Waals surface area contributed by atoms with E-state index in [4.69, 9.17) is 10.3 Å². The van der Waals surface area contributed by atoms with E-state index in [-0.39, 0.29) is 17.8 Å². The summed E-state index contributed by atoms with van der Waals surface area (Å²) in [6.45, 7) is 0. The number of nitrogens with two attached hydrogens (primary N) is 1. The molecule has 0 bridgehead atoms. The second-order valence-electron chi connectivity index (χ2n) is 5.09. The second kappa shape index (κ2) is 5.09. The highest BCUT2D eigenvalue weighted by atomic mass is 19.1. The van der Waals surface area contributed by atoms with Crippen LogP contribution in [0, 0.1) is 5.82 Å². The summed E-state index contributed by atoms with van der Waals surface area (Å²) in [7, 11) is 0. The molecule has 0 saturated heterocycles. The lowest BCUT2D eigenvalue weighted by molar-refractivity contribution is 0.299. The molecule has 19 heavy (non-hydrogen) atoms. The molecule has 0 aliphatic heterocycles. The van der Waals surface area contributed by atoms with Gasteiger partial charge >= 0.3 is 0 Å². The Labute approximate surface area is 110 Å². The van der Waals surface area contributed by atoms with Crippen LogP contribution < -0.4 is 5.73 Å². The van der Waals surface area contributed by atoms with Crippen LogP contribution in [-0.2, 0) is 0 Å². The van der Waals surface area contributed by atoms with E-state index < -0.39 is 0 Å². The molecule has 3 rings (SSSR count). The highest BCUT2D eigenvalue weighted by Crippen LogP contribution is 2.32. The van der Waals surface area contributed by atoms with E-state index in [1.165, 1.54) is 12.1 Å². The van der Waals surface area contributed by atoms with E-state index in [9.17, 15) is 4.39 Å². The molecule has 0 spiro atoms. The van der Waals surface area contributed by atoms with Gasteiger partial charge in [0.2, 0.25) is 11.7 Å². The third-order valence-electron chi connectivity index (χ3n) is 3.59. The van der Waals surface area contributed by atoms with Crippen LogP contribution in [-0.4, -0.2) is 16.2 Å². The standard InChI is InChI=1S/C14H16FN3O/c15-11-5-1-3-9(7-11)13-17-14(19-18-13)10-4-2-6-12(16)8-10/h1,3,5,7,10,12H,2,4,6,8,16H2. The van der Waals surface area contributed by atoms with Crippen molar-refractivity contribution in [2.45, 2.75) is 37.6 Å². The van der Waals surface area contributed by atoms with Gasteiger partial charge in [0.05, 0.1) is 0 Å². The minimum atomic E-state index is -0.302. The van der Waals surface area contributed by atoms with Gasteiger partial charge in [-0.2, -0.15) is 4.98 Å². The Bertz CT molecular complexity index is 569. The predicted octanol–water partition coefficient (Wildman–Crippen LogP) is 2.86. The van der Waals surface area contributed by atoms with E-state index >= 15 is 0 Å². The van der Waals surface area contributed by atoms with Crippen molar-refractivity contribution in [2.24, 2.45) is 5.73 Å². The van der Waals surface area contributed by atoms with E-state index in [2.05, 4.69) is 10.1 Å². The van der Waals surface area contributed by atoms with Crippen molar-refractivity contribution < 1.29 is 8.91 Å². The predicted molar refractivity (Wildman–Crippen MR) is 68.9 cm³/mol. The number of aromatic nitrogens is 2.